The second kappa shape index (κ2) is 7.94. The van der Waals surface area contributed by atoms with Gasteiger partial charge in [-0.1, -0.05) is 6.07 Å². The second-order valence-corrected chi connectivity index (χ2v) is 4.30. The largest absolute Gasteiger partial charge is 0.481 e. The summed E-state index contributed by atoms with van der Waals surface area (Å²) < 4.78 is 10.5. The molecule has 0 saturated carbocycles. The number of hydrogen-bond donors (Lipinski definition) is 2. The lowest BCUT2D eigenvalue weighted by Crippen LogP contribution is -2.36. The summed E-state index contributed by atoms with van der Waals surface area (Å²) in [6.45, 7) is 3.89. The van der Waals surface area contributed by atoms with E-state index in [1.54, 1.807) is 19.6 Å². The molecule has 2 rings (SSSR count). The van der Waals surface area contributed by atoms with Crippen LogP contribution < -0.4 is 15.4 Å². The van der Waals surface area contributed by atoms with Crippen LogP contribution in [0.15, 0.2) is 46.1 Å². The highest BCUT2D eigenvalue weighted by Gasteiger charge is 2.04. The van der Waals surface area contributed by atoms with E-state index in [0.717, 1.165) is 23.8 Å². The molecule has 0 amide bonds. The number of nitrogens with one attached hydrogen (secondary N) is 2. The van der Waals surface area contributed by atoms with Crippen molar-refractivity contribution in [1.29, 1.82) is 0 Å². The predicted molar refractivity (Wildman–Crippen MR) is 81.2 cm³/mol. The molecule has 21 heavy (non-hydrogen) atoms. The fraction of sp³-hybridized carbons (Fsp3) is 0.333. The molecule has 2 N–H and O–H groups in total. The van der Waals surface area contributed by atoms with Crippen molar-refractivity contribution in [3.63, 3.8) is 0 Å². The summed E-state index contributed by atoms with van der Waals surface area (Å²) in [6, 6.07) is 7.60. The summed E-state index contributed by atoms with van der Waals surface area (Å²) in [5, 5.41) is 6.40. The molecule has 0 spiro atoms. The van der Waals surface area contributed by atoms with E-state index in [9.17, 15) is 0 Å². The van der Waals surface area contributed by atoms with Gasteiger partial charge in [-0.15, -0.1) is 0 Å². The van der Waals surface area contributed by atoms with Crippen LogP contribution >= 0.6 is 0 Å². The summed E-state index contributed by atoms with van der Waals surface area (Å²) >= 11 is 0. The molecule has 0 unspecified atom stereocenters. The van der Waals surface area contributed by atoms with Gasteiger partial charge in [0, 0.05) is 18.3 Å². The van der Waals surface area contributed by atoms with Gasteiger partial charge in [0.05, 0.1) is 26.5 Å². The lowest BCUT2D eigenvalue weighted by Gasteiger charge is -2.10. The number of furan rings is 1. The van der Waals surface area contributed by atoms with E-state index in [-0.39, 0.29) is 0 Å². The molecule has 0 aliphatic rings. The predicted octanol–water partition coefficient (Wildman–Crippen LogP) is 1.94. The molecule has 2 aromatic heterocycles. The molecule has 0 bridgehead atoms. The third-order valence-corrected chi connectivity index (χ3v) is 2.81. The van der Waals surface area contributed by atoms with Crippen LogP contribution in [-0.2, 0) is 13.1 Å². The average molecular weight is 288 g/mol. The molecule has 112 valence electrons. The van der Waals surface area contributed by atoms with Crippen molar-refractivity contribution >= 4 is 5.96 Å². The average Bonchev–Trinajstić information content (AvgIpc) is 3.03. The van der Waals surface area contributed by atoms with Crippen molar-refractivity contribution in [2.24, 2.45) is 4.99 Å². The van der Waals surface area contributed by atoms with Crippen molar-refractivity contribution in [3.05, 3.63) is 48.0 Å². The number of aromatic nitrogens is 1. The zero-order chi connectivity index (χ0) is 14.9. The Bertz CT molecular complexity index is 567. The zero-order valence-electron chi connectivity index (χ0n) is 12.3. The second-order valence-electron chi connectivity index (χ2n) is 4.30. The van der Waals surface area contributed by atoms with Crippen molar-refractivity contribution in [1.82, 2.24) is 15.6 Å². The third-order valence-electron chi connectivity index (χ3n) is 2.81. The lowest BCUT2D eigenvalue weighted by molar-refractivity contribution is 0.392. The summed E-state index contributed by atoms with van der Waals surface area (Å²) in [4.78, 5) is 8.68. The van der Waals surface area contributed by atoms with E-state index in [2.05, 4.69) is 20.6 Å². The maximum Gasteiger partial charge on any atom is 0.218 e. The van der Waals surface area contributed by atoms with Crippen LogP contribution in [0, 0.1) is 0 Å². The number of ether oxygens (including phenoxy) is 1. The number of guanidine groups is 1. The molecular formula is C15H20N4O2. The van der Waals surface area contributed by atoms with Gasteiger partial charge in [-0.05, 0) is 25.1 Å². The minimum absolute atomic E-state index is 0.491. The Morgan fingerprint density at radius 2 is 2.24 bits per heavy atom. The van der Waals surface area contributed by atoms with Crippen molar-refractivity contribution in [2.45, 2.75) is 20.0 Å². The van der Waals surface area contributed by atoms with Crippen LogP contribution in [0.25, 0.3) is 0 Å². The van der Waals surface area contributed by atoms with Gasteiger partial charge in [-0.2, -0.15) is 0 Å². The third kappa shape index (κ3) is 4.52. The van der Waals surface area contributed by atoms with Crippen LogP contribution in [0.4, 0.5) is 0 Å². The molecule has 0 saturated heterocycles. The van der Waals surface area contributed by atoms with Gasteiger partial charge in [-0.25, -0.2) is 9.98 Å². The Kier molecular flexibility index (Phi) is 5.63. The maximum absolute atomic E-state index is 5.29. The number of aliphatic imine (C=N–C) groups is 1. The molecule has 0 fully saturated rings. The SMILES string of the molecule is CCNC(=NCc1cccnc1OC)NCc1ccco1. The minimum atomic E-state index is 0.491. The smallest absolute Gasteiger partial charge is 0.218 e. The molecule has 6 nitrogen and oxygen atoms in total. The van der Waals surface area contributed by atoms with Crippen LogP contribution in [0.3, 0.4) is 0 Å². The van der Waals surface area contributed by atoms with Crippen molar-refractivity contribution < 1.29 is 9.15 Å². The normalized spacial score (nSPS) is 11.2. The quantitative estimate of drug-likeness (QED) is 0.628. The molecule has 0 aliphatic carbocycles. The molecule has 0 atom stereocenters. The first-order chi connectivity index (χ1) is 10.3. The van der Waals surface area contributed by atoms with Gasteiger partial charge >= 0.3 is 0 Å². The standard InChI is InChI=1S/C15H20N4O2/c1-3-16-15(19-11-13-7-5-9-21-13)18-10-12-6-4-8-17-14(12)20-2/h4-9H,3,10-11H2,1-2H3,(H2,16,18,19). The first kappa shape index (κ1) is 14.9. The van der Waals surface area contributed by atoms with Gasteiger partial charge in [0.25, 0.3) is 0 Å². The van der Waals surface area contributed by atoms with Crippen LogP contribution in [0.5, 0.6) is 5.88 Å². The molecular weight excluding hydrogens is 268 g/mol. The van der Waals surface area contributed by atoms with Crippen molar-refractivity contribution in [3.8, 4) is 5.88 Å². The Morgan fingerprint density at radius 3 is 2.95 bits per heavy atom. The monoisotopic (exact) mass is 288 g/mol. The van der Waals surface area contributed by atoms with E-state index in [1.807, 2.05) is 31.2 Å². The maximum atomic E-state index is 5.29. The number of hydrogen-bond acceptors (Lipinski definition) is 4. The summed E-state index contributed by atoms with van der Waals surface area (Å²) in [7, 11) is 1.61. The van der Waals surface area contributed by atoms with Crippen LogP contribution in [0.1, 0.15) is 18.2 Å². The highest BCUT2D eigenvalue weighted by Crippen LogP contribution is 2.14. The van der Waals surface area contributed by atoms with Gasteiger partial charge in [0.1, 0.15) is 5.76 Å². The Hall–Kier alpha value is -2.50. The first-order valence-electron chi connectivity index (χ1n) is 6.86. The molecule has 0 aliphatic heterocycles. The topological polar surface area (TPSA) is 71.7 Å². The number of pyridine rings is 1. The summed E-state index contributed by atoms with van der Waals surface area (Å²) in [6.07, 6.45) is 3.36. The summed E-state index contributed by atoms with van der Waals surface area (Å²) in [5.41, 5.74) is 0.940. The van der Waals surface area contributed by atoms with Gasteiger partial charge in [0.2, 0.25) is 5.88 Å². The lowest BCUT2D eigenvalue weighted by atomic mass is 10.3. The number of methoxy groups -OCH3 is 1. The Balaban J connectivity index is 1.99. The van der Waals surface area contributed by atoms with E-state index in [1.165, 1.54) is 0 Å². The summed E-state index contributed by atoms with van der Waals surface area (Å²) in [5.74, 6) is 2.18. The van der Waals surface area contributed by atoms with Crippen LogP contribution in [0.2, 0.25) is 0 Å². The molecule has 0 aromatic carbocycles. The van der Waals surface area contributed by atoms with E-state index in [4.69, 9.17) is 9.15 Å². The van der Waals surface area contributed by atoms with E-state index in [0.29, 0.717) is 19.0 Å². The van der Waals surface area contributed by atoms with Gasteiger partial charge in [0.15, 0.2) is 5.96 Å². The van der Waals surface area contributed by atoms with Gasteiger partial charge < -0.3 is 19.8 Å². The van der Waals surface area contributed by atoms with Gasteiger partial charge in [-0.3, -0.25) is 0 Å². The fourth-order valence-corrected chi connectivity index (χ4v) is 1.82. The van der Waals surface area contributed by atoms with E-state index >= 15 is 0 Å². The molecule has 6 heteroatoms. The highest BCUT2D eigenvalue weighted by atomic mass is 16.5. The molecule has 2 heterocycles. The number of nitrogens with zero attached hydrogens (tertiary/aromatic N) is 2. The first-order valence-corrected chi connectivity index (χ1v) is 6.86. The van der Waals surface area contributed by atoms with E-state index < -0.39 is 0 Å². The fourth-order valence-electron chi connectivity index (χ4n) is 1.82. The number of rotatable bonds is 6. The highest BCUT2D eigenvalue weighted by molar-refractivity contribution is 5.79. The van der Waals surface area contributed by atoms with Crippen molar-refractivity contribution in [2.75, 3.05) is 13.7 Å². The zero-order valence-corrected chi connectivity index (χ0v) is 12.3. The Labute approximate surface area is 124 Å². The molecule has 0 radical (unpaired) electrons. The minimum Gasteiger partial charge on any atom is -0.481 e. The van der Waals surface area contributed by atoms with Crippen LogP contribution in [-0.4, -0.2) is 24.6 Å². The Morgan fingerprint density at radius 1 is 1.33 bits per heavy atom. The molecule has 2 aromatic rings.